The molecule has 0 radical (unpaired) electrons. The van der Waals surface area contributed by atoms with Crippen molar-refractivity contribution in [3.05, 3.63) is 0 Å². The van der Waals surface area contributed by atoms with Gasteiger partial charge in [0.2, 0.25) is 5.91 Å². The van der Waals surface area contributed by atoms with E-state index in [9.17, 15) is 9.59 Å². The molecule has 5 nitrogen and oxygen atoms in total. The van der Waals surface area contributed by atoms with Crippen LogP contribution in [0, 0.1) is 17.3 Å². The minimum atomic E-state index is -0.793. The molecule has 0 aliphatic heterocycles. The fourth-order valence-electron chi connectivity index (χ4n) is 2.56. The third kappa shape index (κ3) is 5.19. The first-order valence-corrected chi connectivity index (χ1v) is 6.97. The van der Waals surface area contributed by atoms with Crippen LogP contribution in [0.2, 0.25) is 0 Å². The first-order chi connectivity index (χ1) is 8.85. The Morgan fingerprint density at radius 1 is 1.26 bits per heavy atom. The number of hydrogen-bond acceptors (Lipinski definition) is 3. The van der Waals surface area contributed by atoms with Crippen LogP contribution in [0.5, 0.6) is 0 Å². The van der Waals surface area contributed by atoms with E-state index in [1.54, 1.807) is 0 Å². The molecule has 110 valence electrons. The van der Waals surface area contributed by atoms with E-state index in [2.05, 4.69) is 19.2 Å². The Morgan fingerprint density at radius 2 is 1.89 bits per heavy atom. The van der Waals surface area contributed by atoms with Gasteiger partial charge in [-0.05, 0) is 37.5 Å². The molecule has 19 heavy (non-hydrogen) atoms. The summed E-state index contributed by atoms with van der Waals surface area (Å²) in [5, 5.41) is 20.7. The standard InChI is InChI=1S/C14H25NO4/c1-14(2,6-3-7-16)9-15-12(17)10-4-5-11(8-10)13(18)19/h10-11,16H,3-9H2,1-2H3,(H,15,17)(H,18,19)/t10-,11+/m1/s1. The smallest absolute Gasteiger partial charge is 0.306 e. The van der Waals surface area contributed by atoms with Crippen molar-refractivity contribution in [2.24, 2.45) is 17.3 Å². The Hall–Kier alpha value is -1.10. The van der Waals surface area contributed by atoms with Gasteiger partial charge in [-0.1, -0.05) is 13.8 Å². The van der Waals surface area contributed by atoms with Crippen molar-refractivity contribution in [1.82, 2.24) is 5.32 Å². The molecule has 1 aliphatic carbocycles. The first-order valence-electron chi connectivity index (χ1n) is 6.97. The van der Waals surface area contributed by atoms with Crippen LogP contribution in [-0.4, -0.2) is 35.2 Å². The van der Waals surface area contributed by atoms with Crippen molar-refractivity contribution in [2.75, 3.05) is 13.2 Å². The fourth-order valence-corrected chi connectivity index (χ4v) is 2.56. The monoisotopic (exact) mass is 271 g/mol. The van der Waals surface area contributed by atoms with E-state index in [-0.39, 0.29) is 29.8 Å². The highest BCUT2D eigenvalue weighted by Crippen LogP contribution is 2.31. The highest BCUT2D eigenvalue weighted by molar-refractivity contribution is 5.80. The fraction of sp³-hybridized carbons (Fsp3) is 0.857. The molecule has 1 saturated carbocycles. The maximum Gasteiger partial charge on any atom is 0.306 e. The Kier molecular flexibility index (Phi) is 5.79. The second-order valence-electron chi connectivity index (χ2n) is 6.25. The van der Waals surface area contributed by atoms with Crippen molar-refractivity contribution < 1.29 is 19.8 Å². The zero-order chi connectivity index (χ0) is 14.5. The van der Waals surface area contributed by atoms with Gasteiger partial charge in [0, 0.05) is 19.1 Å². The molecule has 1 fully saturated rings. The molecule has 1 amide bonds. The van der Waals surface area contributed by atoms with Crippen molar-refractivity contribution >= 4 is 11.9 Å². The highest BCUT2D eigenvalue weighted by Gasteiger charge is 2.34. The zero-order valence-electron chi connectivity index (χ0n) is 11.8. The summed E-state index contributed by atoms with van der Waals surface area (Å²) >= 11 is 0. The zero-order valence-corrected chi connectivity index (χ0v) is 11.8. The first kappa shape index (κ1) is 16.0. The van der Waals surface area contributed by atoms with Gasteiger partial charge in [-0.25, -0.2) is 0 Å². The van der Waals surface area contributed by atoms with Crippen LogP contribution in [-0.2, 0) is 9.59 Å². The average molecular weight is 271 g/mol. The summed E-state index contributed by atoms with van der Waals surface area (Å²) in [5.74, 6) is -1.34. The topological polar surface area (TPSA) is 86.6 Å². The van der Waals surface area contributed by atoms with Gasteiger partial charge in [0.1, 0.15) is 0 Å². The Morgan fingerprint density at radius 3 is 2.42 bits per heavy atom. The number of hydrogen-bond donors (Lipinski definition) is 3. The van der Waals surface area contributed by atoms with Gasteiger partial charge in [-0.15, -0.1) is 0 Å². The average Bonchev–Trinajstić information content (AvgIpc) is 2.83. The number of amides is 1. The van der Waals surface area contributed by atoms with E-state index in [4.69, 9.17) is 10.2 Å². The summed E-state index contributed by atoms with van der Waals surface area (Å²) in [6.45, 7) is 4.84. The van der Waals surface area contributed by atoms with Crippen LogP contribution in [0.4, 0.5) is 0 Å². The molecule has 0 heterocycles. The van der Waals surface area contributed by atoms with Crippen molar-refractivity contribution in [2.45, 2.75) is 46.0 Å². The number of carboxylic acid groups (broad SMARTS) is 1. The highest BCUT2D eigenvalue weighted by atomic mass is 16.4. The van der Waals surface area contributed by atoms with Gasteiger partial charge in [-0.3, -0.25) is 9.59 Å². The summed E-state index contributed by atoms with van der Waals surface area (Å²) in [5.41, 5.74) is -0.0385. The van der Waals surface area contributed by atoms with Gasteiger partial charge >= 0.3 is 5.97 Å². The Bertz CT molecular complexity index is 327. The molecule has 1 aliphatic rings. The van der Waals surface area contributed by atoms with E-state index in [0.717, 1.165) is 12.8 Å². The summed E-state index contributed by atoms with van der Waals surface area (Å²) in [6, 6.07) is 0. The largest absolute Gasteiger partial charge is 0.481 e. The maximum absolute atomic E-state index is 12.0. The van der Waals surface area contributed by atoms with E-state index >= 15 is 0 Å². The number of rotatable bonds is 7. The Balaban J connectivity index is 2.34. The normalized spacial score (nSPS) is 23.3. The number of carbonyl (C=O) groups excluding carboxylic acids is 1. The van der Waals surface area contributed by atoms with Crippen molar-refractivity contribution in [1.29, 1.82) is 0 Å². The third-order valence-electron chi connectivity index (χ3n) is 3.91. The molecular formula is C14H25NO4. The SMILES string of the molecule is CC(C)(CCCO)CNC(=O)[C@@H]1CC[C@H](C(=O)O)C1. The lowest BCUT2D eigenvalue weighted by atomic mass is 9.87. The molecule has 0 unspecified atom stereocenters. The number of carboxylic acids is 1. The van der Waals surface area contributed by atoms with Gasteiger partial charge in [0.15, 0.2) is 0 Å². The van der Waals surface area contributed by atoms with E-state index in [1.807, 2.05) is 0 Å². The van der Waals surface area contributed by atoms with Gasteiger partial charge in [0.25, 0.3) is 0 Å². The quantitative estimate of drug-likeness (QED) is 0.653. The van der Waals surface area contributed by atoms with E-state index < -0.39 is 5.97 Å². The van der Waals surface area contributed by atoms with Gasteiger partial charge in [-0.2, -0.15) is 0 Å². The van der Waals surface area contributed by atoms with Crippen LogP contribution in [0.1, 0.15) is 46.0 Å². The number of aliphatic hydroxyl groups is 1. The number of carbonyl (C=O) groups is 2. The summed E-state index contributed by atoms with van der Waals surface area (Å²) in [4.78, 5) is 22.8. The van der Waals surface area contributed by atoms with Crippen LogP contribution in [0.3, 0.4) is 0 Å². The molecule has 5 heteroatoms. The van der Waals surface area contributed by atoms with E-state index in [0.29, 0.717) is 25.8 Å². The molecule has 2 atom stereocenters. The van der Waals surface area contributed by atoms with Crippen LogP contribution in [0.25, 0.3) is 0 Å². The second kappa shape index (κ2) is 6.89. The molecule has 0 saturated heterocycles. The minimum absolute atomic E-state index is 0.0270. The molecule has 0 aromatic rings. The molecule has 0 aromatic carbocycles. The van der Waals surface area contributed by atoms with Crippen LogP contribution in [0.15, 0.2) is 0 Å². The number of aliphatic carboxylic acids is 1. The van der Waals surface area contributed by atoms with Crippen molar-refractivity contribution in [3.63, 3.8) is 0 Å². The molecular weight excluding hydrogens is 246 g/mol. The predicted octanol–water partition coefficient (Wildman–Crippen LogP) is 1.40. The Labute approximate surface area is 114 Å². The lowest BCUT2D eigenvalue weighted by Gasteiger charge is -2.25. The van der Waals surface area contributed by atoms with Gasteiger partial charge < -0.3 is 15.5 Å². The molecule has 3 N–H and O–H groups in total. The predicted molar refractivity (Wildman–Crippen MR) is 71.6 cm³/mol. The third-order valence-corrected chi connectivity index (χ3v) is 3.91. The molecule has 0 spiro atoms. The summed E-state index contributed by atoms with van der Waals surface area (Å²) < 4.78 is 0. The number of aliphatic hydroxyl groups excluding tert-OH is 1. The van der Waals surface area contributed by atoms with Crippen molar-refractivity contribution in [3.8, 4) is 0 Å². The summed E-state index contributed by atoms with van der Waals surface area (Å²) in [6.07, 6.45) is 3.30. The lowest BCUT2D eigenvalue weighted by molar-refractivity contribution is -0.141. The lowest BCUT2D eigenvalue weighted by Crippen LogP contribution is -2.37. The minimum Gasteiger partial charge on any atom is -0.481 e. The molecule has 0 aromatic heterocycles. The van der Waals surface area contributed by atoms with E-state index in [1.165, 1.54) is 0 Å². The maximum atomic E-state index is 12.0. The van der Waals surface area contributed by atoms with Crippen LogP contribution < -0.4 is 5.32 Å². The second-order valence-corrected chi connectivity index (χ2v) is 6.25. The van der Waals surface area contributed by atoms with Crippen LogP contribution >= 0.6 is 0 Å². The van der Waals surface area contributed by atoms with Gasteiger partial charge in [0.05, 0.1) is 5.92 Å². The number of nitrogens with one attached hydrogen (secondary N) is 1. The molecule has 0 bridgehead atoms. The molecule has 1 rings (SSSR count). The summed E-state index contributed by atoms with van der Waals surface area (Å²) in [7, 11) is 0.